The van der Waals surface area contributed by atoms with Crippen LogP contribution in [0, 0.1) is 0 Å². The lowest BCUT2D eigenvalue weighted by molar-refractivity contribution is 1.08. The summed E-state index contributed by atoms with van der Waals surface area (Å²) >= 11 is 3.62. The van der Waals surface area contributed by atoms with Gasteiger partial charge < -0.3 is 9.80 Å². The minimum absolute atomic E-state index is 0.598. The molecule has 4 heterocycles. The standard InChI is InChI=1S/C102H64N8S2/c1-6-24-68(25-7-1)97-103-98(69-26-8-2-9-27-69)106-101(105-97)89-57-59-91-95-85(41-21-43-87(89)95)83-55-53-79(63-93(83)111-91)109(75-35-12-4-13-36-75)77-49-45-65(46-50-77)71-31-18-32-72(61-71)73-33-19-34-74(62-73)100-104-99(70-28-10-3-11-29-70)107-102(108-100)90-58-60-92-96-86(42-22-44-88(90)96)84-56-54-80(64-94(84)112-92)110(76-37-14-5-15-38-76)78-51-47-67(48-52-78)82-40-20-30-66-23-16-17-39-81(66)82/h1-64H. The first-order valence-corrected chi connectivity index (χ1v) is 39.2. The van der Waals surface area contributed by atoms with Gasteiger partial charge in [-0.1, -0.05) is 303 Å². The molecule has 0 unspecified atom stereocenters. The normalized spacial score (nSPS) is 11.9. The van der Waals surface area contributed by atoms with Gasteiger partial charge in [-0.3, -0.25) is 0 Å². The molecule has 17 aromatic carbocycles. The van der Waals surface area contributed by atoms with E-state index in [1.165, 1.54) is 74.5 Å². The molecule has 0 N–H and O–H groups in total. The summed E-state index contributed by atoms with van der Waals surface area (Å²) in [7, 11) is 0. The van der Waals surface area contributed by atoms with Crippen molar-refractivity contribution in [1.29, 1.82) is 0 Å². The van der Waals surface area contributed by atoms with Crippen LogP contribution < -0.4 is 9.80 Å². The Morgan fingerprint density at radius 3 is 0.973 bits per heavy atom. The summed E-state index contributed by atoms with van der Waals surface area (Å²) in [4.78, 5) is 40.7. The number of aromatic nitrogens is 6. The highest BCUT2D eigenvalue weighted by atomic mass is 32.2. The van der Waals surface area contributed by atoms with Crippen LogP contribution in [0.3, 0.4) is 0 Å². The van der Waals surface area contributed by atoms with E-state index >= 15 is 0 Å². The van der Waals surface area contributed by atoms with Crippen molar-refractivity contribution in [2.24, 2.45) is 0 Å². The molecule has 8 nitrogen and oxygen atoms in total. The zero-order chi connectivity index (χ0) is 74.0. The maximum absolute atomic E-state index is 5.41. The van der Waals surface area contributed by atoms with Gasteiger partial charge >= 0.3 is 0 Å². The molecule has 0 atom stereocenters. The third-order valence-corrected chi connectivity index (χ3v) is 23.6. The quantitative estimate of drug-likeness (QED) is 0.0990. The molecule has 19 aromatic rings. The number of nitrogens with zero attached hydrogens (tertiary/aromatic N) is 8. The molecule has 524 valence electrons. The molecule has 0 radical (unpaired) electrons. The molecule has 0 bridgehead atoms. The predicted octanol–water partition coefficient (Wildman–Crippen LogP) is 27.7. The molecule has 10 heteroatoms. The number of hydrogen-bond acceptors (Lipinski definition) is 10. The zero-order valence-corrected chi connectivity index (χ0v) is 62.0. The first kappa shape index (κ1) is 66.1. The van der Waals surface area contributed by atoms with Gasteiger partial charge in [0.2, 0.25) is 0 Å². The fourth-order valence-electron chi connectivity index (χ4n) is 16.0. The van der Waals surface area contributed by atoms with E-state index in [1.807, 2.05) is 78.1 Å². The number of para-hydroxylation sites is 2. The molecule has 0 amide bonds. The molecule has 0 spiro atoms. The maximum atomic E-state index is 5.41. The summed E-state index contributed by atoms with van der Waals surface area (Å²) in [5, 5.41) is 7.05. The summed E-state index contributed by atoms with van der Waals surface area (Å²) in [5.41, 5.74) is 23.5. The van der Waals surface area contributed by atoms with Gasteiger partial charge in [0, 0.05) is 97.9 Å². The van der Waals surface area contributed by atoms with Gasteiger partial charge in [-0.05, 0) is 186 Å². The Hall–Kier alpha value is -14.2. The lowest BCUT2D eigenvalue weighted by Crippen LogP contribution is -2.10. The van der Waals surface area contributed by atoms with Crippen molar-refractivity contribution in [3.05, 3.63) is 388 Å². The lowest BCUT2D eigenvalue weighted by Gasteiger charge is -2.28. The fourth-order valence-corrected chi connectivity index (χ4v) is 18.3. The summed E-state index contributed by atoms with van der Waals surface area (Å²) < 4.78 is 0. The van der Waals surface area contributed by atoms with Crippen molar-refractivity contribution in [1.82, 2.24) is 29.9 Å². The fraction of sp³-hybridized carbons (Fsp3) is 0. The van der Waals surface area contributed by atoms with E-state index in [4.69, 9.17) is 29.9 Å². The Balaban J connectivity index is 0.575. The molecule has 0 fully saturated rings. The summed E-state index contributed by atoms with van der Waals surface area (Å²) in [6.45, 7) is 0. The number of fused-ring (bicyclic) bond motifs is 5. The smallest absolute Gasteiger partial charge is 0.164 e. The topological polar surface area (TPSA) is 83.8 Å². The van der Waals surface area contributed by atoms with Gasteiger partial charge in [0.15, 0.2) is 34.9 Å². The molecule has 0 saturated heterocycles. The van der Waals surface area contributed by atoms with E-state index in [1.54, 1.807) is 0 Å². The summed E-state index contributed by atoms with van der Waals surface area (Å²) in [5.74, 6) is 3.74. The Morgan fingerprint density at radius 1 is 0.170 bits per heavy atom. The van der Waals surface area contributed by atoms with Crippen LogP contribution in [0.1, 0.15) is 0 Å². The number of hydrogen-bond donors (Lipinski definition) is 0. The average molecular weight is 1470 g/mol. The minimum Gasteiger partial charge on any atom is -0.310 e. The van der Waals surface area contributed by atoms with E-state index in [0.29, 0.717) is 34.9 Å². The van der Waals surface area contributed by atoms with Crippen molar-refractivity contribution >= 4 is 90.0 Å². The molecule has 2 aliphatic rings. The van der Waals surface area contributed by atoms with E-state index in [9.17, 15) is 0 Å². The van der Waals surface area contributed by atoms with Crippen LogP contribution in [0.5, 0.6) is 0 Å². The van der Waals surface area contributed by atoms with Crippen LogP contribution in [0.25, 0.3) is 156 Å². The number of rotatable bonds is 15. The van der Waals surface area contributed by atoms with Gasteiger partial charge in [0.25, 0.3) is 0 Å². The van der Waals surface area contributed by atoms with Gasteiger partial charge in [0.1, 0.15) is 0 Å². The molecule has 112 heavy (non-hydrogen) atoms. The van der Waals surface area contributed by atoms with Crippen LogP contribution in [0.15, 0.2) is 408 Å². The van der Waals surface area contributed by atoms with Crippen LogP contribution in [-0.2, 0) is 0 Å². The highest BCUT2D eigenvalue weighted by Crippen LogP contribution is 2.54. The predicted molar refractivity (Wildman–Crippen MR) is 463 cm³/mol. The average Bonchev–Trinajstić information content (AvgIpc) is 0.738. The lowest BCUT2D eigenvalue weighted by atomic mass is 9.94. The van der Waals surface area contributed by atoms with E-state index in [-0.39, 0.29) is 0 Å². The van der Waals surface area contributed by atoms with Crippen LogP contribution in [0.4, 0.5) is 34.1 Å². The molecule has 21 rings (SSSR count). The van der Waals surface area contributed by atoms with E-state index < -0.39 is 0 Å². The molecule has 2 aromatic heterocycles. The van der Waals surface area contributed by atoms with Crippen LogP contribution in [-0.4, -0.2) is 29.9 Å². The summed E-state index contributed by atoms with van der Waals surface area (Å²) in [6.07, 6.45) is 0. The van der Waals surface area contributed by atoms with Gasteiger partial charge in [-0.2, -0.15) is 0 Å². The maximum Gasteiger partial charge on any atom is 0.164 e. The molecular weight excluding hydrogens is 1400 g/mol. The molecular formula is C102H64N8S2. The van der Waals surface area contributed by atoms with Crippen LogP contribution in [0.2, 0.25) is 0 Å². The van der Waals surface area contributed by atoms with E-state index in [0.717, 1.165) is 101 Å². The molecule has 0 saturated carbocycles. The van der Waals surface area contributed by atoms with Gasteiger partial charge in [-0.15, -0.1) is 0 Å². The zero-order valence-electron chi connectivity index (χ0n) is 60.3. The van der Waals surface area contributed by atoms with Crippen molar-refractivity contribution in [2.75, 3.05) is 9.80 Å². The highest BCUT2D eigenvalue weighted by molar-refractivity contribution is 8.00. The second-order valence-electron chi connectivity index (χ2n) is 28.1. The first-order chi connectivity index (χ1) is 55.5. The van der Waals surface area contributed by atoms with Crippen molar-refractivity contribution in [2.45, 2.75) is 19.6 Å². The van der Waals surface area contributed by atoms with E-state index in [2.05, 4.69) is 343 Å². The summed E-state index contributed by atoms with van der Waals surface area (Å²) in [6, 6.07) is 138. The Morgan fingerprint density at radius 2 is 0.491 bits per heavy atom. The number of anilines is 6. The molecule has 0 aliphatic carbocycles. The Labute approximate surface area is 656 Å². The van der Waals surface area contributed by atoms with Crippen molar-refractivity contribution in [3.8, 4) is 124 Å². The van der Waals surface area contributed by atoms with Crippen molar-refractivity contribution < 1.29 is 0 Å². The second-order valence-corrected chi connectivity index (χ2v) is 30.2. The Kier molecular flexibility index (Phi) is 16.6. The van der Waals surface area contributed by atoms with Gasteiger partial charge in [0.05, 0.1) is 0 Å². The second kappa shape index (κ2) is 28.1. The third-order valence-electron chi connectivity index (χ3n) is 21.4. The number of benzene rings is 17. The first-order valence-electron chi connectivity index (χ1n) is 37.5. The van der Waals surface area contributed by atoms with Gasteiger partial charge in [-0.25, -0.2) is 29.9 Å². The Bertz CT molecular complexity index is 6810. The minimum atomic E-state index is 0.598. The largest absolute Gasteiger partial charge is 0.310 e. The third kappa shape index (κ3) is 12.1. The molecule has 2 aliphatic heterocycles. The van der Waals surface area contributed by atoms with Crippen molar-refractivity contribution in [3.63, 3.8) is 0 Å². The highest BCUT2D eigenvalue weighted by Gasteiger charge is 2.28. The SMILES string of the molecule is c1ccc(-c2nc(-c3ccccc3)nc(-c3ccc4c5c(cccc35)-c3ccc(N(c5ccccc5)c5ccc(-c6cccc(-c7cccc(-c8nc(-c9ccccc9)nc(-c9ccc%10c%11c(cccc9%11)-c9ccc(N(c%11ccccc%11)c%11ccc(-c%12cccc%13ccccc%12%13)cc%11)cc9S%10)n8)c7)c6)cc5)cc3S4)n2)cc1. The van der Waals surface area contributed by atoms with Crippen LogP contribution >= 0.6 is 23.5 Å². The monoisotopic (exact) mass is 1460 g/mol.